The van der Waals surface area contributed by atoms with Gasteiger partial charge in [-0.15, -0.1) is 10.2 Å². The fourth-order valence-electron chi connectivity index (χ4n) is 4.53. The molecule has 3 heterocycles. The van der Waals surface area contributed by atoms with Gasteiger partial charge in [-0.3, -0.25) is 0 Å². The molecule has 0 atom stereocenters. The first kappa shape index (κ1) is 23.1. The maximum atomic E-state index is 11.9. The highest BCUT2D eigenvalue weighted by molar-refractivity contribution is 7.99. The Hall–Kier alpha value is -2.62. The summed E-state index contributed by atoms with van der Waals surface area (Å²) in [5.74, 6) is 1.85. The monoisotopic (exact) mass is 495 g/mol. The Morgan fingerprint density at radius 1 is 1.03 bits per heavy atom. The molecule has 0 unspecified atom stereocenters. The summed E-state index contributed by atoms with van der Waals surface area (Å²) in [5.41, 5.74) is 4.60. The van der Waals surface area contributed by atoms with Gasteiger partial charge in [0.1, 0.15) is 0 Å². The van der Waals surface area contributed by atoms with Crippen LogP contribution in [0.25, 0.3) is 22.3 Å². The van der Waals surface area contributed by atoms with Crippen molar-refractivity contribution in [2.75, 3.05) is 31.6 Å². The van der Waals surface area contributed by atoms with Crippen molar-refractivity contribution in [3.05, 3.63) is 59.8 Å². The lowest BCUT2D eigenvalue weighted by Gasteiger charge is -2.19. The van der Waals surface area contributed by atoms with Gasteiger partial charge in [-0.05, 0) is 66.6 Å². The third-order valence-electron chi connectivity index (χ3n) is 6.50. The number of rotatable bonds is 7. The zero-order chi connectivity index (χ0) is 23.7. The number of hydrogen-bond donors (Lipinski definition) is 1. The van der Waals surface area contributed by atoms with E-state index >= 15 is 0 Å². The standard InChI is InChI=1S/C25H29N5O2S2/c1-29-24(21-5-4-19-8-11-26-23(19)17-21)27-28-25(29)33-15-3-12-30-13-9-18-6-7-22(34(2,31)32)16-20(18)10-14-30/h4-8,11,16-17,26H,3,9-10,12-15H2,1-2H3. The minimum Gasteiger partial charge on any atom is -0.361 e. The number of fused-ring (bicyclic) bond motifs is 2. The van der Waals surface area contributed by atoms with Crippen LogP contribution in [0.4, 0.5) is 0 Å². The average molecular weight is 496 g/mol. The van der Waals surface area contributed by atoms with Gasteiger partial charge in [-0.25, -0.2) is 8.42 Å². The van der Waals surface area contributed by atoms with Crippen LogP contribution in [0.1, 0.15) is 17.5 Å². The lowest BCUT2D eigenvalue weighted by molar-refractivity contribution is 0.289. The first-order chi connectivity index (χ1) is 16.4. The third kappa shape index (κ3) is 4.92. The number of aromatic amines is 1. The van der Waals surface area contributed by atoms with Gasteiger partial charge in [0.25, 0.3) is 0 Å². The van der Waals surface area contributed by atoms with Gasteiger partial charge in [0.2, 0.25) is 0 Å². The molecule has 5 rings (SSSR count). The maximum absolute atomic E-state index is 11.9. The predicted octanol–water partition coefficient (Wildman–Crippen LogP) is 3.95. The molecular weight excluding hydrogens is 466 g/mol. The average Bonchev–Trinajstić information content (AvgIpc) is 3.37. The van der Waals surface area contributed by atoms with Crippen LogP contribution in [0, 0.1) is 0 Å². The molecule has 9 heteroatoms. The van der Waals surface area contributed by atoms with Gasteiger partial charge >= 0.3 is 0 Å². The molecule has 0 radical (unpaired) electrons. The third-order valence-corrected chi connectivity index (χ3v) is 8.72. The number of aromatic nitrogens is 4. The lowest BCUT2D eigenvalue weighted by atomic mass is 10.0. The highest BCUT2D eigenvalue weighted by atomic mass is 32.2. The lowest BCUT2D eigenvalue weighted by Crippen LogP contribution is -2.27. The van der Waals surface area contributed by atoms with Crippen molar-refractivity contribution in [2.24, 2.45) is 7.05 Å². The number of sulfone groups is 1. The Morgan fingerprint density at radius 2 is 1.85 bits per heavy atom. The fourth-order valence-corrected chi connectivity index (χ4v) is 6.04. The van der Waals surface area contributed by atoms with E-state index in [1.54, 1.807) is 17.8 Å². The molecular formula is C25H29N5O2S2. The van der Waals surface area contributed by atoms with Crippen LogP contribution >= 0.6 is 11.8 Å². The molecule has 0 saturated heterocycles. The van der Waals surface area contributed by atoms with Crippen LogP contribution in [0.3, 0.4) is 0 Å². The van der Waals surface area contributed by atoms with Crippen LogP contribution in [0.15, 0.2) is 58.7 Å². The van der Waals surface area contributed by atoms with E-state index in [-0.39, 0.29) is 0 Å². The Morgan fingerprint density at radius 3 is 2.68 bits per heavy atom. The molecule has 7 nitrogen and oxygen atoms in total. The molecule has 0 fully saturated rings. The van der Waals surface area contributed by atoms with E-state index in [2.05, 4.69) is 48.9 Å². The van der Waals surface area contributed by atoms with Crippen molar-refractivity contribution < 1.29 is 8.42 Å². The Kier molecular flexibility index (Phi) is 6.50. The summed E-state index contributed by atoms with van der Waals surface area (Å²) < 4.78 is 25.8. The molecule has 0 spiro atoms. The van der Waals surface area contributed by atoms with Gasteiger partial charge in [0.05, 0.1) is 4.90 Å². The highest BCUT2D eigenvalue weighted by Gasteiger charge is 2.17. The number of H-pyrrole nitrogens is 1. The zero-order valence-electron chi connectivity index (χ0n) is 19.5. The first-order valence-corrected chi connectivity index (χ1v) is 14.4. The molecule has 0 amide bonds. The van der Waals surface area contributed by atoms with Crippen LogP contribution in [-0.4, -0.2) is 64.7 Å². The van der Waals surface area contributed by atoms with E-state index in [1.807, 2.05) is 25.4 Å². The van der Waals surface area contributed by atoms with Gasteiger partial charge in [0.15, 0.2) is 20.8 Å². The van der Waals surface area contributed by atoms with E-state index < -0.39 is 9.84 Å². The SMILES string of the molecule is Cn1c(SCCCN2CCc3ccc(S(C)(=O)=O)cc3CC2)nnc1-c1ccc2cc[nH]c2c1. The van der Waals surface area contributed by atoms with Crippen molar-refractivity contribution in [1.82, 2.24) is 24.6 Å². The van der Waals surface area contributed by atoms with Gasteiger partial charge in [0, 0.05) is 49.4 Å². The van der Waals surface area contributed by atoms with Crippen molar-refractivity contribution in [2.45, 2.75) is 29.3 Å². The summed E-state index contributed by atoms with van der Waals surface area (Å²) in [7, 11) is -1.14. The highest BCUT2D eigenvalue weighted by Crippen LogP contribution is 2.26. The summed E-state index contributed by atoms with van der Waals surface area (Å²) in [6.45, 7) is 2.99. The summed E-state index contributed by atoms with van der Waals surface area (Å²) in [6, 6.07) is 14.0. The minimum absolute atomic E-state index is 0.423. The summed E-state index contributed by atoms with van der Waals surface area (Å²) in [6.07, 6.45) is 6.14. The molecule has 1 N–H and O–H groups in total. The topological polar surface area (TPSA) is 83.9 Å². The molecule has 4 aromatic rings. The van der Waals surface area contributed by atoms with Gasteiger partial charge in [-0.1, -0.05) is 30.0 Å². The predicted molar refractivity (Wildman–Crippen MR) is 137 cm³/mol. The summed E-state index contributed by atoms with van der Waals surface area (Å²) in [5, 5.41) is 11.0. The second-order valence-corrected chi connectivity index (χ2v) is 12.0. The molecule has 34 heavy (non-hydrogen) atoms. The number of thioether (sulfide) groups is 1. The molecule has 1 aliphatic rings. The molecule has 0 saturated carbocycles. The van der Waals surface area contributed by atoms with Crippen LogP contribution in [0.5, 0.6) is 0 Å². The van der Waals surface area contributed by atoms with E-state index in [0.29, 0.717) is 4.90 Å². The number of hydrogen-bond acceptors (Lipinski definition) is 6. The maximum Gasteiger partial charge on any atom is 0.191 e. The van der Waals surface area contributed by atoms with E-state index in [1.165, 1.54) is 22.8 Å². The molecule has 178 valence electrons. The quantitative estimate of drug-likeness (QED) is 0.309. The van der Waals surface area contributed by atoms with E-state index in [4.69, 9.17) is 0 Å². The van der Waals surface area contributed by atoms with Crippen LogP contribution in [-0.2, 0) is 29.7 Å². The van der Waals surface area contributed by atoms with Crippen molar-refractivity contribution >= 4 is 32.5 Å². The van der Waals surface area contributed by atoms with Gasteiger partial charge in [-0.2, -0.15) is 0 Å². The van der Waals surface area contributed by atoms with Crippen LogP contribution in [0.2, 0.25) is 0 Å². The van der Waals surface area contributed by atoms with Crippen molar-refractivity contribution in [1.29, 1.82) is 0 Å². The molecule has 0 aliphatic carbocycles. The van der Waals surface area contributed by atoms with Crippen LogP contribution < -0.4 is 0 Å². The molecule has 2 aromatic heterocycles. The first-order valence-electron chi connectivity index (χ1n) is 11.5. The number of nitrogens with zero attached hydrogens (tertiary/aromatic N) is 4. The fraction of sp³-hybridized carbons (Fsp3) is 0.360. The summed E-state index contributed by atoms with van der Waals surface area (Å²) >= 11 is 1.74. The number of benzene rings is 2. The van der Waals surface area contributed by atoms with Crippen molar-refractivity contribution in [3.8, 4) is 11.4 Å². The van der Waals surface area contributed by atoms with E-state index in [0.717, 1.165) is 66.7 Å². The number of nitrogens with one attached hydrogen (secondary N) is 1. The van der Waals surface area contributed by atoms with Crippen molar-refractivity contribution in [3.63, 3.8) is 0 Å². The normalized spacial score (nSPS) is 14.9. The van der Waals surface area contributed by atoms with E-state index in [9.17, 15) is 8.42 Å². The Bertz CT molecular complexity index is 1420. The smallest absolute Gasteiger partial charge is 0.191 e. The molecule has 0 bridgehead atoms. The van der Waals surface area contributed by atoms with Gasteiger partial charge < -0.3 is 14.5 Å². The minimum atomic E-state index is -3.16. The second-order valence-electron chi connectivity index (χ2n) is 8.89. The Labute approximate surface area is 204 Å². The molecule has 1 aliphatic heterocycles. The molecule has 2 aromatic carbocycles. The second kappa shape index (κ2) is 9.56. The largest absolute Gasteiger partial charge is 0.361 e. The zero-order valence-corrected chi connectivity index (χ0v) is 21.1. The summed E-state index contributed by atoms with van der Waals surface area (Å²) in [4.78, 5) is 6.16. The Balaban J connectivity index is 1.14.